The maximum absolute atomic E-state index is 12.1. The van der Waals surface area contributed by atoms with E-state index < -0.39 is 7.60 Å². The van der Waals surface area contributed by atoms with E-state index in [2.05, 4.69) is 4.98 Å². The summed E-state index contributed by atoms with van der Waals surface area (Å²) in [4.78, 5) is 3.81. The molecule has 0 saturated carbocycles. The van der Waals surface area contributed by atoms with Crippen molar-refractivity contribution in [3.05, 3.63) is 17.7 Å². The first kappa shape index (κ1) is 17.4. The standard InChI is InChI=1S/C12H17N4O4P/c1-3-19-21(17,20-4-2)10-18-6-5-16-9-15-11(7-13)12(16)8-14/h9H,3-6,10H2,1-2H3. The minimum absolute atomic E-state index is 0.0757. The second kappa shape index (κ2) is 8.56. The number of imidazole rings is 1. The van der Waals surface area contributed by atoms with Crippen molar-refractivity contribution in [1.29, 1.82) is 10.5 Å². The van der Waals surface area contributed by atoms with Crippen molar-refractivity contribution in [2.45, 2.75) is 20.4 Å². The van der Waals surface area contributed by atoms with Crippen LogP contribution in [0, 0.1) is 22.7 Å². The van der Waals surface area contributed by atoms with Crippen LogP contribution >= 0.6 is 7.60 Å². The van der Waals surface area contributed by atoms with Crippen molar-refractivity contribution >= 4 is 7.60 Å². The van der Waals surface area contributed by atoms with E-state index in [4.69, 9.17) is 24.3 Å². The Kier molecular flexibility index (Phi) is 7.07. The summed E-state index contributed by atoms with van der Waals surface area (Å²) in [6.07, 6.45) is 1.24. The Morgan fingerprint density at radius 1 is 1.29 bits per heavy atom. The lowest BCUT2D eigenvalue weighted by molar-refractivity contribution is 0.126. The highest BCUT2D eigenvalue weighted by molar-refractivity contribution is 7.53. The maximum atomic E-state index is 12.1. The van der Waals surface area contributed by atoms with Crippen molar-refractivity contribution in [3.8, 4) is 12.1 Å². The first-order valence-electron chi connectivity index (χ1n) is 6.41. The van der Waals surface area contributed by atoms with Gasteiger partial charge in [-0.3, -0.25) is 4.57 Å². The van der Waals surface area contributed by atoms with Crippen LogP contribution in [0.1, 0.15) is 25.2 Å². The van der Waals surface area contributed by atoms with Crippen molar-refractivity contribution in [2.75, 3.05) is 26.2 Å². The molecule has 0 bridgehead atoms. The van der Waals surface area contributed by atoms with Crippen molar-refractivity contribution in [3.63, 3.8) is 0 Å². The molecule has 0 aromatic carbocycles. The molecule has 0 N–H and O–H groups in total. The molecular weight excluding hydrogens is 295 g/mol. The molecule has 0 spiro atoms. The van der Waals surface area contributed by atoms with Crippen LogP contribution in [0.2, 0.25) is 0 Å². The lowest BCUT2D eigenvalue weighted by Crippen LogP contribution is -2.10. The Hall–Kier alpha value is -1.70. The Balaban J connectivity index is 2.51. The lowest BCUT2D eigenvalue weighted by Gasteiger charge is -2.16. The van der Waals surface area contributed by atoms with Gasteiger partial charge >= 0.3 is 7.60 Å². The molecule has 0 saturated heterocycles. The van der Waals surface area contributed by atoms with Gasteiger partial charge in [0.05, 0.1) is 26.1 Å². The molecule has 1 heterocycles. The molecule has 1 aromatic rings. The fourth-order valence-electron chi connectivity index (χ4n) is 1.60. The number of rotatable bonds is 9. The molecule has 8 nitrogen and oxygen atoms in total. The predicted molar refractivity (Wildman–Crippen MR) is 73.3 cm³/mol. The van der Waals surface area contributed by atoms with E-state index in [0.717, 1.165) is 0 Å². The molecule has 0 atom stereocenters. The highest BCUT2D eigenvalue weighted by Crippen LogP contribution is 2.47. The molecular formula is C12H17N4O4P. The summed E-state index contributed by atoms with van der Waals surface area (Å²) >= 11 is 0. The molecule has 9 heteroatoms. The highest BCUT2D eigenvalue weighted by Gasteiger charge is 2.23. The zero-order chi connectivity index (χ0) is 15.7. The summed E-state index contributed by atoms with van der Waals surface area (Å²) in [5, 5.41) is 17.7. The Labute approximate surface area is 123 Å². The SMILES string of the molecule is CCOP(=O)(COCCn1cnc(C#N)c1C#N)OCC. The Morgan fingerprint density at radius 2 is 1.95 bits per heavy atom. The third-order valence-corrected chi connectivity index (χ3v) is 4.23. The van der Waals surface area contributed by atoms with Gasteiger partial charge in [0.2, 0.25) is 0 Å². The van der Waals surface area contributed by atoms with Crippen LogP contribution in [0.3, 0.4) is 0 Å². The monoisotopic (exact) mass is 312 g/mol. The third kappa shape index (κ3) is 4.96. The molecule has 114 valence electrons. The topological polar surface area (TPSA) is 110 Å². The zero-order valence-corrected chi connectivity index (χ0v) is 12.9. The smallest absolute Gasteiger partial charge is 0.356 e. The summed E-state index contributed by atoms with van der Waals surface area (Å²) in [5.41, 5.74) is 0.255. The second-order valence-corrected chi connectivity index (χ2v) is 5.84. The largest absolute Gasteiger partial charge is 0.367 e. The zero-order valence-electron chi connectivity index (χ0n) is 12.0. The van der Waals surface area contributed by atoms with E-state index in [1.54, 1.807) is 13.8 Å². The number of hydrogen-bond acceptors (Lipinski definition) is 7. The summed E-state index contributed by atoms with van der Waals surface area (Å²) in [6, 6.07) is 3.75. The van der Waals surface area contributed by atoms with Gasteiger partial charge in [0.25, 0.3) is 0 Å². The van der Waals surface area contributed by atoms with Gasteiger partial charge in [0, 0.05) is 6.54 Å². The van der Waals surface area contributed by atoms with E-state index >= 15 is 0 Å². The average Bonchev–Trinajstić information content (AvgIpc) is 2.86. The number of ether oxygens (including phenoxy) is 1. The number of nitriles is 2. The van der Waals surface area contributed by atoms with Crippen LogP contribution < -0.4 is 0 Å². The summed E-state index contributed by atoms with van der Waals surface area (Å²) < 4.78 is 29.1. The molecule has 0 aliphatic rings. The third-order valence-electron chi connectivity index (χ3n) is 2.43. The minimum Gasteiger partial charge on any atom is -0.367 e. The first-order chi connectivity index (χ1) is 10.1. The average molecular weight is 312 g/mol. The molecule has 0 radical (unpaired) electrons. The van der Waals surface area contributed by atoms with Crippen LogP contribution in [-0.4, -0.2) is 35.7 Å². The van der Waals surface area contributed by atoms with E-state index in [1.165, 1.54) is 10.9 Å². The van der Waals surface area contributed by atoms with Gasteiger partial charge in [0.1, 0.15) is 18.5 Å². The van der Waals surface area contributed by atoms with Gasteiger partial charge in [-0.15, -0.1) is 0 Å². The summed E-state index contributed by atoms with van der Waals surface area (Å²) in [6.45, 7) is 4.49. The Bertz CT molecular complexity index is 577. The molecule has 1 rings (SSSR count). The van der Waals surface area contributed by atoms with Gasteiger partial charge in [-0.2, -0.15) is 10.5 Å². The van der Waals surface area contributed by atoms with Crippen LogP contribution in [0.4, 0.5) is 0 Å². The van der Waals surface area contributed by atoms with Gasteiger partial charge in [-0.25, -0.2) is 4.98 Å². The fourth-order valence-corrected chi connectivity index (χ4v) is 2.96. The number of nitrogens with zero attached hydrogens (tertiary/aromatic N) is 4. The molecule has 0 amide bonds. The van der Waals surface area contributed by atoms with E-state index in [0.29, 0.717) is 6.54 Å². The van der Waals surface area contributed by atoms with Crippen LogP contribution in [0.15, 0.2) is 6.33 Å². The van der Waals surface area contributed by atoms with E-state index in [-0.39, 0.29) is 37.6 Å². The molecule has 21 heavy (non-hydrogen) atoms. The summed E-state index contributed by atoms with van der Waals surface area (Å²) in [5.74, 6) is 0. The van der Waals surface area contributed by atoms with Gasteiger partial charge in [0.15, 0.2) is 11.4 Å². The quantitative estimate of drug-likeness (QED) is 0.505. The van der Waals surface area contributed by atoms with E-state index in [1.807, 2.05) is 12.1 Å². The predicted octanol–water partition coefficient (Wildman–Crippen LogP) is 1.87. The molecule has 0 aliphatic carbocycles. The fraction of sp³-hybridized carbons (Fsp3) is 0.583. The van der Waals surface area contributed by atoms with E-state index in [9.17, 15) is 4.57 Å². The number of aromatic nitrogens is 2. The van der Waals surface area contributed by atoms with Crippen molar-refractivity contribution in [1.82, 2.24) is 9.55 Å². The maximum Gasteiger partial charge on any atom is 0.356 e. The first-order valence-corrected chi connectivity index (χ1v) is 8.14. The number of hydrogen-bond donors (Lipinski definition) is 0. The molecule has 0 fully saturated rings. The van der Waals surface area contributed by atoms with Gasteiger partial charge in [-0.1, -0.05) is 0 Å². The molecule has 0 unspecified atom stereocenters. The highest BCUT2D eigenvalue weighted by atomic mass is 31.2. The molecule has 1 aromatic heterocycles. The normalized spacial score (nSPS) is 11.0. The summed E-state index contributed by atoms with van der Waals surface area (Å²) in [7, 11) is -3.22. The van der Waals surface area contributed by atoms with Crippen LogP contribution in [0.5, 0.6) is 0 Å². The van der Waals surface area contributed by atoms with Crippen molar-refractivity contribution in [2.24, 2.45) is 0 Å². The molecule has 0 aliphatic heterocycles. The second-order valence-electron chi connectivity index (χ2n) is 3.84. The van der Waals surface area contributed by atoms with Gasteiger partial charge < -0.3 is 18.4 Å². The van der Waals surface area contributed by atoms with Crippen molar-refractivity contribution < 1.29 is 18.3 Å². The minimum atomic E-state index is -3.22. The Morgan fingerprint density at radius 3 is 2.48 bits per heavy atom. The lowest BCUT2D eigenvalue weighted by atomic mass is 10.3. The van der Waals surface area contributed by atoms with Gasteiger partial charge in [-0.05, 0) is 13.8 Å². The van der Waals surface area contributed by atoms with Crippen LogP contribution in [0.25, 0.3) is 0 Å². The van der Waals surface area contributed by atoms with Crippen LogP contribution in [-0.2, 0) is 24.9 Å².